The summed E-state index contributed by atoms with van der Waals surface area (Å²) in [6.07, 6.45) is 5.87. The van der Waals surface area contributed by atoms with E-state index in [1.54, 1.807) is 0 Å². The normalized spacial score (nSPS) is 19.8. The Morgan fingerprint density at radius 3 is 2.43 bits per heavy atom. The van der Waals surface area contributed by atoms with Crippen LogP contribution in [0.15, 0.2) is 18.3 Å². The van der Waals surface area contributed by atoms with E-state index in [0.717, 1.165) is 0 Å². The summed E-state index contributed by atoms with van der Waals surface area (Å²) in [5.41, 5.74) is 1.43. The van der Waals surface area contributed by atoms with Crippen molar-refractivity contribution in [3.05, 3.63) is 23.9 Å². The Morgan fingerprint density at radius 2 is 1.83 bits per heavy atom. The number of aromatic nitrogens is 1. The molecule has 1 aliphatic heterocycles. The zero-order chi connectivity index (χ0) is 17.0. The zero-order valence-corrected chi connectivity index (χ0v) is 15.9. The highest BCUT2D eigenvalue weighted by Crippen LogP contribution is 2.36. The van der Waals surface area contributed by atoms with Crippen molar-refractivity contribution in [2.45, 2.75) is 78.9 Å². The van der Waals surface area contributed by atoms with Crippen molar-refractivity contribution in [2.24, 2.45) is 5.92 Å². The first kappa shape index (κ1) is 18.3. The number of rotatable bonds is 6. The Labute approximate surface area is 143 Å². The third-order valence-corrected chi connectivity index (χ3v) is 4.75. The molecule has 130 valence electrons. The summed E-state index contributed by atoms with van der Waals surface area (Å²) >= 11 is 0. The molecule has 0 aromatic carbocycles. The van der Waals surface area contributed by atoms with Crippen molar-refractivity contribution in [2.75, 3.05) is 18.0 Å². The maximum Gasteiger partial charge on any atom is 0.133 e. The van der Waals surface area contributed by atoms with Crippen LogP contribution in [0.2, 0.25) is 0 Å². The summed E-state index contributed by atoms with van der Waals surface area (Å²) in [4.78, 5) is 9.97. The van der Waals surface area contributed by atoms with E-state index in [2.05, 4.69) is 63.5 Å². The Balaban J connectivity index is 2.37. The molecule has 2 heterocycles. The second-order valence-corrected chi connectivity index (χ2v) is 7.91. The summed E-state index contributed by atoms with van der Waals surface area (Å²) in [6, 6.07) is 5.87. The first-order valence-corrected chi connectivity index (χ1v) is 9.39. The van der Waals surface area contributed by atoms with E-state index in [4.69, 9.17) is 4.98 Å². The van der Waals surface area contributed by atoms with Gasteiger partial charge in [-0.2, -0.15) is 0 Å². The van der Waals surface area contributed by atoms with Gasteiger partial charge in [0.25, 0.3) is 0 Å². The molecule has 1 aliphatic rings. The molecule has 0 bridgehead atoms. The number of hydrogen-bond donors (Lipinski definition) is 0. The molecule has 0 aliphatic carbocycles. The number of anilines is 1. The quantitative estimate of drug-likeness (QED) is 0.745. The fourth-order valence-corrected chi connectivity index (χ4v) is 4.00. The minimum Gasteiger partial charge on any atom is -0.351 e. The highest BCUT2D eigenvalue weighted by molar-refractivity contribution is 5.50. The van der Waals surface area contributed by atoms with Gasteiger partial charge < -0.3 is 4.90 Å². The van der Waals surface area contributed by atoms with Crippen LogP contribution in [0.3, 0.4) is 0 Å². The van der Waals surface area contributed by atoms with Gasteiger partial charge in [-0.25, -0.2) is 4.98 Å². The molecule has 2 rings (SSSR count). The van der Waals surface area contributed by atoms with Gasteiger partial charge in [0.15, 0.2) is 0 Å². The summed E-state index contributed by atoms with van der Waals surface area (Å²) in [6.45, 7) is 16.1. The molecule has 0 N–H and O–H groups in total. The highest BCUT2D eigenvalue weighted by atomic mass is 15.2. The van der Waals surface area contributed by atoms with E-state index < -0.39 is 0 Å². The third-order valence-electron chi connectivity index (χ3n) is 4.75. The van der Waals surface area contributed by atoms with E-state index in [1.165, 1.54) is 43.7 Å². The molecule has 1 saturated heterocycles. The van der Waals surface area contributed by atoms with Crippen LogP contribution in [0.25, 0.3) is 0 Å². The predicted molar refractivity (Wildman–Crippen MR) is 100.0 cm³/mol. The number of likely N-dealkylation sites (tertiary alicyclic amines) is 1. The molecule has 3 heteroatoms. The number of piperidine rings is 1. The monoisotopic (exact) mass is 317 g/mol. The van der Waals surface area contributed by atoms with Gasteiger partial charge in [-0.15, -0.1) is 0 Å². The molecule has 0 amide bonds. The van der Waals surface area contributed by atoms with E-state index in [0.29, 0.717) is 24.0 Å². The van der Waals surface area contributed by atoms with Crippen LogP contribution in [0, 0.1) is 5.92 Å². The molecule has 0 unspecified atom stereocenters. The number of nitrogens with zero attached hydrogens (tertiary/aromatic N) is 3. The maximum atomic E-state index is 4.81. The van der Waals surface area contributed by atoms with Crippen LogP contribution in [0.5, 0.6) is 0 Å². The smallest absolute Gasteiger partial charge is 0.133 e. The lowest BCUT2D eigenvalue weighted by Crippen LogP contribution is -2.41. The van der Waals surface area contributed by atoms with Crippen LogP contribution in [-0.4, -0.2) is 35.1 Å². The summed E-state index contributed by atoms with van der Waals surface area (Å²) in [5, 5.41) is 0. The van der Waals surface area contributed by atoms with Crippen molar-refractivity contribution in [1.29, 1.82) is 0 Å². The SMILES string of the molecule is CC(C)CN1CCCC[C@@H]1c1cccnc1N(C(C)C)C(C)C. The molecular formula is C20H35N3. The van der Waals surface area contributed by atoms with Crippen molar-refractivity contribution >= 4 is 5.82 Å². The van der Waals surface area contributed by atoms with Gasteiger partial charge >= 0.3 is 0 Å². The second kappa shape index (κ2) is 8.14. The van der Waals surface area contributed by atoms with Crippen molar-refractivity contribution in [3.63, 3.8) is 0 Å². The maximum absolute atomic E-state index is 4.81. The van der Waals surface area contributed by atoms with Gasteiger partial charge in [-0.3, -0.25) is 4.90 Å². The molecule has 23 heavy (non-hydrogen) atoms. The van der Waals surface area contributed by atoms with E-state index in [9.17, 15) is 0 Å². The van der Waals surface area contributed by atoms with E-state index in [1.807, 2.05) is 6.20 Å². The molecular weight excluding hydrogens is 282 g/mol. The van der Waals surface area contributed by atoms with Gasteiger partial charge in [-0.1, -0.05) is 26.3 Å². The van der Waals surface area contributed by atoms with Crippen LogP contribution in [-0.2, 0) is 0 Å². The third kappa shape index (κ3) is 4.47. The number of pyridine rings is 1. The minimum absolute atomic E-state index is 0.464. The van der Waals surface area contributed by atoms with Gasteiger partial charge in [0.05, 0.1) is 0 Å². The lowest BCUT2D eigenvalue weighted by atomic mass is 9.94. The molecule has 0 spiro atoms. The van der Waals surface area contributed by atoms with Crippen LogP contribution in [0.4, 0.5) is 5.82 Å². The first-order chi connectivity index (χ1) is 10.9. The summed E-state index contributed by atoms with van der Waals surface area (Å²) in [7, 11) is 0. The van der Waals surface area contributed by atoms with Crippen LogP contribution in [0.1, 0.15) is 72.4 Å². The fraction of sp³-hybridized carbons (Fsp3) is 0.750. The van der Waals surface area contributed by atoms with Gasteiger partial charge in [0.1, 0.15) is 5.82 Å². The fourth-order valence-electron chi connectivity index (χ4n) is 4.00. The molecule has 3 nitrogen and oxygen atoms in total. The molecule has 1 atom stereocenters. The summed E-state index contributed by atoms with van der Waals surface area (Å²) in [5.74, 6) is 1.90. The van der Waals surface area contributed by atoms with Gasteiger partial charge in [0.2, 0.25) is 0 Å². The Bertz CT molecular complexity index is 474. The van der Waals surface area contributed by atoms with Gasteiger partial charge in [0, 0.05) is 36.4 Å². The Kier molecular flexibility index (Phi) is 6.46. The van der Waals surface area contributed by atoms with Gasteiger partial charge in [-0.05, 0) is 59.1 Å². The molecule has 1 fully saturated rings. The lowest BCUT2D eigenvalue weighted by molar-refractivity contribution is 0.132. The van der Waals surface area contributed by atoms with Crippen molar-refractivity contribution in [1.82, 2.24) is 9.88 Å². The first-order valence-electron chi connectivity index (χ1n) is 9.39. The minimum atomic E-state index is 0.464. The zero-order valence-electron chi connectivity index (χ0n) is 15.9. The standard InChI is InChI=1S/C20H35N3/c1-15(2)14-22-13-8-7-11-19(22)18-10-9-12-21-20(18)23(16(3)4)17(5)6/h9-10,12,15-17,19H,7-8,11,13-14H2,1-6H3/t19-/m1/s1. The Morgan fingerprint density at radius 1 is 1.13 bits per heavy atom. The van der Waals surface area contributed by atoms with Crippen molar-refractivity contribution < 1.29 is 0 Å². The summed E-state index contributed by atoms with van der Waals surface area (Å²) < 4.78 is 0. The second-order valence-electron chi connectivity index (χ2n) is 7.91. The largest absolute Gasteiger partial charge is 0.351 e. The lowest BCUT2D eigenvalue weighted by Gasteiger charge is -2.40. The topological polar surface area (TPSA) is 19.4 Å². The molecule has 1 aromatic heterocycles. The van der Waals surface area contributed by atoms with Crippen molar-refractivity contribution in [3.8, 4) is 0 Å². The molecule has 0 saturated carbocycles. The average Bonchev–Trinajstić information content (AvgIpc) is 2.47. The molecule has 0 radical (unpaired) electrons. The van der Waals surface area contributed by atoms with E-state index >= 15 is 0 Å². The highest BCUT2D eigenvalue weighted by Gasteiger charge is 2.29. The average molecular weight is 318 g/mol. The number of hydrogen-bond acceptors (Lipinski definition) is 3. The predicted octanol–water partition coefficient (Wildman–Crippen LogP) is 4.89. The van der Waals surface area contributed by atoms with Crippen LogP contribution >= 0.6 is 0 Å². The Hall–Kier alpha value is -1.09. The van der Waals surface area contributed by atoms with Crippen LogP contribution < -0.4 is 4.90 Å². The molecule has 1 aromatic rings. The van der Waals surface area contributed by atoms with E-state index in [-0.39, 0.29) is 0 Å².